The molecule has 1 aliphatic carbocycles. The van der Waals surface area contributed by atoms with Crippen LogP contribution in [0.3, 0.4) is 0 Å². The quantitative estimate of drug-likeness (QED) is 0.882. The SMILES string of the molecule is Cc1cc(N2CCC(NCC3CC3)CC2)ccn1. The summed E-state index contributed by atoms with van der Waals surface area (Å²) in [4.78, 5) is 6.76. The van der Waals surface area contributed by atoms with Gasteiger partial charge in [-0.15, -0.1) is 0 Å². The lowest BCUT2D eigenvalue weighted by Crippen LogP contribution is -2.43. The van der Waals surface area contributed by atoms with E-state index in [1.165, 1.54) is 51.0 Å². The molecule has 0 amide bonds. The highest BCUT2D eigenvalue weighted by atomic mass is 15.1. The van der Waals surface area contributed by atoms with Crippen molar-refractivity contribution in [2.24, 2.45) is 5.92 Å². The first-order chi connectivity index (χ1) is 8.81. The molecular formula is C15H23N3. The fraction of sp³-hybridized carbons (Fsp3) is 0.667. The highest BCUT2D eigenvalue weighted by Crippen LogP contribution is 2.28. The van der Waals surface area contributed by atoms with Gasteiger partial charge in [-0.2, -0.15) is 0 Å². The van der Waals surface area contributed by atoms with Crippen molar-refractivity contribution in [2.75, 3.05) is 24.5 Å². The monoisotopic (exact) mass is 245 g/mol. The molecule has 1 saturated heterocycles. The number of hydrogen-bond donors (Lipinski definition) is 1. The number of nitrogens with zero attached hydrogens (tertiary/aromatic N) is 2. The van der Waals surface area contributed by atoms with Crippen molar-refractivity contribution in [3.63, 3.8) is 0 Å². The van der Waals surface area contributed by atoms with Crippen LogP contribution in [0, 0.1) is 12.8 Å². The number of aryl methyl sites for hydroxylation is 1. The minimum Gasteiger partial charge on any atom is -0.371 e. The van der Waals surface area contributed by atoms with Gasteiger partial charge in [0.25, 0.3) is 0 Å². The van der Waals surface area contributed by atoms with Gasteiger partial charge in [-0.05, 0) is 57.2 Å². The van der Waals surface area contributed by atoms with Crippen LogP contribution in [0.1, 0.15) is 31.4 Å². The molecule has 0 aromatic carbocycles. The molecule has 98 valence electrons. The minimum absolute atomic E-state index is 0.741. The Morgan fingerprint density at radius 1 is 1.28 bits per heavy atom. The first-order valence-electron chi connectivity index (χ1n) is 7.22. The summed E-state index contributed by atoms with van der Waals surface area (Å²) >= 11 is 0. The third-order valence-electron chi connectivity index (χ3n) is 4.13. The van der Waals surface area contributed by atoms with Crippen molar-refractivity contribution in [3.05, 3.63) is 24.0 Å². The largest absolute Gasteiger partial charge is 0.371 e. The summed E-state index contributed by atoms with van der Waals surface area (Å²) in [6.07, 6.45) is 7.36. The Hall–Kier alpha value is -1.09. The molecule has 1 N–H and O–H groups in total. The van der Waals surface area contributed by atoms with Crippen molar-refractivity contribution in [1.82, 2.24) is 10.3 Å². The summed E-state index contributed by atoms with van der Waals surface area (Å²) in [6.45, 7) is 5.66. The Kier molecular flexibility index (Phi) is 3.50. The lowest BCUT2D eigenvalue weighted by atomic mass is 10.0. The van der Waals surface area contributed by atoms with E-state index in [9.17, 15) is 0 Å². The summed E-state index contributed by atoms with van der Waals surface area (Å²) in [5.74, 6) is 0.992. The van der Waals surface area contributed by atoms with E-state index in [2.05, 4.69) is 34.3 Å². The van der Waals surface area contributed by atoms with E-state index < -0.39 is 0 Å². The molecule has 0 spiro atoms. The lowest BCUT2D eigenvalue weighted by molar-refractivity contribution is 0.409. The predicted octanol–water partition coefficient (Wildman–Crippen LogP) is 2.36. The number of anilines is 1. The smallest absolute Gasteiger partial charge is 0.0399 e. The van der Waals surface area contributed by atoms with E-state index in [1.54, 1.807) is 0 Å². The van der Waals surface area contributed by atoms with Gasteiger partial charge < -0.3 is 10.2 Å². The molecule has 2 fully saturated rings. The summed E-state index contributed by atoms with van der Waals surface area (Å²) in [5.41, 5.74) is 2.45. The van der Waals surface area contributed by atoms with Crippen molar-refractivity contribution < 1.29 is 0 Å². The van der Waals surface area contributed by atoms with E-state index in [0.29, 0.717) is 0 Å². The van der Waals surface area contributed by atoms with Crippen LogP contribution in [0.2, 0.25) is 0 Å². The lowest BCUT2D eigenvalue weighted by Gasteiger charge is -2.34. The van der Waals surface area contributed by atoms with E-state index in [0.717, 1.165) is 17.7 Å². The Bertz CT molecular complexity index is 392. The van der Waals surface area contributed by atoms with Gasteiger partial charge in [-0.3, -0.25) is 4.98 Å². The Labute approximate surface area is 110 Å². The topological polar surface area (TPSA) is 28.2 Å². The van der Waals surface area contributed by atoms with Crippen LogP contribution >= 0.6 is 0 Å². The zero-order valence-corrected chi connectivity index (χ0v) is 11.2. The predicted molar refractivity (Wildman–Crippen MR) is 74.9 cm³/mol. The molecule has 2 heterocycles. The minimum atomic E-state index is 0.741. The zero-order chi connectivity index (χ0) is 12.4. The first-order valence-corrected chi connectivity index (χ1v) is 7.22. The number of aromatic nitrogens is 1. The van der Waals surface area contributed by atoms with Gasteiger partial charge >= 0.3 is 0 Å². The van der Waals surface area contributed by atoms with Crippen LogP contribution in [-0.2, 0) is 0 Å². The summed E-state index contributed by atoms with van der Waals surface area (Å²) < 4.78 is 0. The third kappa shape index (κ3) is 3.02. The molecule has 1 aromatic heterocycles. The number of pyridine rings is 1. The van der Waals surface area contributed by atoms with Gasteiger partial charge in [0.1, 0.15) is 0 Å². The molecule has 0 unspecified atom stereocenters. The molecule has 0 atom stereocenters. The Morgan fingerprint density at radius 2 is 2.06 bits per heavy atom. The van der Waals surface area contributed by atoms with Crippen molar-refractivity contribution >= 4 is 5.69 Å². The second-order valence-corrected chi connectivity index (χ2v) is 5.77. The summed E-state index contributed by atoms with van der Waals surface area (Å²) in [5, 5.41) is 3.73. The molecule has 18 heavy (non-hydrogen) atoms. The van der Waals surface area contributed by atoms with E-state index >= 15 is 0 Å². The molecule has 3 rings (SSSR count). The number of rotatable bonds is 4. The van der Waals surface area contributed by atoms with Gasteiger partial charge in [0.05, 0.1) is 0 Å². The molecule has 3 heteroatoms. The van der Waals surface area contributed by atoms with Crippen LogP contribution in [0.4, 0.5) is 5.69 Å². The Balaban J connectivity index is 1.49. The average Bonchev–Trinajstić information content (AvgIpc) is 3.21. The van der Waals surface area contributed by atoms with Crippen LogP contribution in [0.5, 0.6) is 0 Å². The number of piperidine rings is 1. The summed E-state index contributed by atoms with van der Waals surface area (Å²) in [7, 11) is 0. The average molecular weight is 245 g/mol. The normalized spacial score (nSPS) is 21.3. The second-order valence-electron chi connectivity index (χ2n) is 5.77. The molecule has 3 nitrogen and oxygen atoms in total. The molecular weight excluding hydrogens is 222 g/mol. The van der Waals surface area contributed by atoms with Gasteiger partial charge in [0.2, 0.25) is 0 Å². The molecule has 1 saturated carbocycles. The highest BCUT2D eigenvalue weighted by molar-refractivity contribution is 5.46. The second kappa shape index (κ2) is 5.27. The van der Waals surface area contributed by atoms with Crippen LogP contribution in [-0.4, -0.2) is 30.7 Å². The van der Waals surface area contributed by atoms with Crippen LogP contribution in [0.25, 0.3) is 0 Å². The standard InChI is InChI=1S/C15H23N3/c1-12-10-15(4-7-16-12)18-8-5-14(6-9-18)17-11-13-2-3-13/h4,7,10,13-14,17H,2-3,5-6,8-9,11H2,1H3. The van der Waals surface area contributed by atoms with Gasteiger partial charge in [-0.25, -0.2) is 0 Å². The van der Waals surface area contributed by atoms with Crippen LogP contribution < -0.4 is 10.2 Å². The molecule has 1 aliphatic heterocycles. The van der Waals surface area contributed by atoms with Gasteiger partial charge in [-0.1, -0.05) is 0 Å². The van der Waals surface area contributed by atoms with E-state index in [1.807, 2.05) is 6.20 Å². The van der Waals surface area contributed by atoms with Crippen LogP contribution in [0.15, 0.2) is 18.3 Å². The number of nitrogens with one attached hydrogen (secondary N) is 1. The molecule has 0 radical (unpaired) electrons. The maximum Gasteiger partial charge on any atom is 0.0399 e. The maximum atomic E-state index is 4.27. The van der Waals surface area contributed by atoms with E-state index in [4.69, 9.17) is 0 Å². The molecule has 2 aliphatic rings. The van der Waals surface area contributed by atoms with Crippen molar-refractivity contribution in [2.45, 2.75) is 38.6 Å². The molecule has 1 aromatic rings. The van der Waals surface area contributed by atoms with Crippen molar-refractivity contribution in [3.8, 4) is 0 Å². The third-order valence-corrected chi connectivity index (χ3v) is 4.13. The molecule has 0 bridgehead atoms. The van der Waals surface area contributed by atoms with E-state index in [-0.39, 0.29) is 0 Å². The fourth-order valence-electron chi connectivity index (χ4n) is 2.72. The van der Waals surface area contributed by atoms with Crippen molar-refractivity contribution in [1.29, 1.82) is 0 Å². The Morgan fingerprint density at radius 3 is 2.72 bits per heavy atom. The summed E-state index contributed by atoms with van der Waals surface area (Å²) in [6, 6.07) is 5.06. The first kappa shape index (κ1) is 12.0. The van der Waals surface area contributed by atoms with Gasteiger partial charge in [0, 0.05) is 36.7 Å². The number of hydrogen-bond acceptors (Lipinski definition) is 3. The highest BCUT2D eigenvalue weighted by Gasteiger charge is 2.24. The zero-order valence-electron chi connectivity index (χ0n) is 11.2. The van der Waals surface area contributed by atoms with Gasteiger partial charge in [0.15, 0.2) is 0 Å². The fourth-order valence-corrected chi connectivity index (χ4v) is 2.72. The maximum absolute atomic E-state index is 4.27.